The molecule has 25 heavy (non-hydrogen) atoms. The first-order chi connectivity index (χ1) is 12.1. The molecule has 0 bridgehead atoms. The minimum absolute atomic E-state index is 0.153. The maximum Gasteiger partial charge on any atom is 0.418 e. The van der Waals surface area contributed by atoms with Crippen LogP contribution >= 0.6 is 0 Å². The van der Waals surface area contributed by atoms with Crippen LogP contribution in [0.1, 0.15) is 16.8 Å². The molecular formula is C20H19F3N2. The predicted octanol–water partition coefficient (Wildman–Crippen LogP) is 4.83. The molecule has 0 saturated heterocycles. The van der Waals surface area contributed by atoms with Crippen LogP contribution in [0.25, 0.3) is 5.69 Å². The summed E-state index contributed by atoms with van der Waals surface area (Å²) < 4.78 is 41.3. The average Bonchev–Trinajstić information content (AvgIpc) is 3.07. The number of rotatable bonds is 6. The Kier molecular flexibility index (Phi) is 5.24. The maximum absolute atomic E-state index is 13.2. The molecule has 0 saturated carbocycles. The molecule has 5 heteroatoms. The molecule has 130 valence electrons. The van der Waals surface area contributed by atoms with E-state index < -0.39 is 11.7 Å². The van der Waals surface area contributed by atoms with Crippen molar-refractivity contribution in [1.82, 2.24) is 9.88 Å². The van der Waals surface area contributed by atoms with Gasteiger partial charge in [-0.1, -0.05) is 42.5 Å². The Balaban J connectivity index is 1.69. The van der Waals surface area contributed by atoms with Gasteiger partial charge in [0, 0.05) is 18.4 Å². The van der Waals surface area contributed by atoms with Crippen LogP contribution in [0.5, 0.6) is 0 Å². The van der Waals surface area contributed by atoms with Gasteiger partial charge in [0.25, 0.3) is 0 Å². The molecule has 0 radical (unpaired) electrons. The van der Waals surface area contributed by atoms with E-state index in [1.54, 1.807) is 22.9 Å². The molecule has 0 amide bonds. The SMILES string of the molecule is FC(F)(F)c1ccccc1-n1cccc1CNCCc1ccccc1. The third-order valence-electron chi connectivity index (χ3n) is 4.04. The third kappa shape index (κ3) is 4.31. The van der Waals surface area contributed by atoms with Gasteiger partial charge in [-0.25, -0.2) is 0 Å². The standard InChI is InChI=1S/C20H19F3N2/c21-20(22,23)18-10-4-5-11-19(18)25-14-6-9-17(25)15-24-13-12-16-7-2-1-3-8-16/h1-11,14,24H,12-13,15H2. The van der Waals surface area contributed by atoms with Crippen LogP contribution in [0.2, 0.25) is 0 Å². The van der Waals surface area contributed by atoms with Gasteiger partial charge >= 0.3 is 6.18 Å². The molecule has 0 atom stereocenters. The van der Waals surface area contributed by atoms with E-state index in [2.05, 4.69) is 17.4 Å². The number of alkyl halides is 3. The minimum Gasteiger partial charge on any atom is -0.319 e. The van der Waals surface area contributed by atoms with E-state index in [1.807, 2.05) is 24.3 Å². The highest BCUT2D eigenvalue weighted by atomic mass is 19.4. The van der Waals surface area contributed by atoms with Gasteiger partial charge in [0.15, 0.2) is 0 Å². The van der Waals surface area contributed by atoms with Crippen molar-refractivity contribution in [3.05, 3.63) is 89.7 Å². The van der Waals surface area contributed by atoms with Gasteiger partial charge in [0.1, 0.15) is 0 Å². The molecule has 0 aliphatic heterocycles. The van der Waals surface area contributed by atoms with Crippen LogP contribution in [0.4, 0.5) is 13.2 Å². The van der Waals surface area contributed by atoms with Crippen molar-refractivity contribution in [3.63, 3.8) is 0 Å². The van der Waals surface area contributed by atoms with E-state index in [0.29, 0.717) is 6.54 Å². The minimum atomic E-state index is -4.38. The Morgan fingerprint density at radius 1 is 0.840 bits per heavy atom. The number of nitrogens with zero attached hydrogens (tertiary/aromatic N) is 1. The molecule has 1 aromatic heterocycles. The van der Waals surface area contributed by atoms with Gasteiger partial charge in [-0.05, 0) is 42.8 Å². The maximum atomic E-state index is 13.2. The Morgan fingerprint density at radius 2 is 1.56 bits per heavy atom. The smallest absolute Gasteiger partial charge is 0.319 e. The summed E-state index contributed by atoms with van der Waals surface area (Å²) in [6.07, 6.45) is -1.83. The molecule has 1 N–H and O–H groups in total. The van der Waals surface area contributed by atoms with Crippen molar-refractivity contribution in [2.45, 2.75) is 19.1 Å². The zero-order valence-electron chi connectivity index (χ0n) is 13.6. The zero-order chi connectivity index (χ0) is 17.7. The molecule has 0 spiro atoms. The van der Waals surface area contributed by atoms with Gasteiger partial charge in [-0.15, -0.1) is 0 Å². The highest BCUT2D eigenvalue weighted by Crippen LogP contribution is 2.34. The summed E-state index contributed by atoms with van der Waals surface area (Å²) in [5.74, 6) is 0. The van der Waals surface area contributed by atoms with Crippen molar-refractivity contribution in [1.29, 1.82) is 0 Å². The first-order valence-corrected chi connectivity index (χ1v) is 8.13. The van der Waals surface area contributed by atoms with Gasteiger partial charge in [-0.3, -0.25) is 0 Å². The molecule has 0 unspecified atom stereocenters. The second kappa shape index (κ2) is 7.57. The molecule has 1 heterocycles. The van der Waals surface area contributed by atoms with Crippen molar-refractivity contribution in [2.24, 2.45) is 0 Å². The van der Waals surface area contributed by atoms with Crippen LogP contribution in [-0.4, -0.2) is 11.1 Å². The lowest BCUT2D eigenvalue weighted by atomic mass is 10.1. The van der Waals surface area contributed by atoms with E-state index in [0.717, 1.165) is 24.7 Å². The first-order valence-electron chi connectivity index (χ1n) is 8.13. The quantitative estimate of drug-likeness (QED) is 0.634. The largest absolute Gasteiger partial charge is 0.418 e. The number of hydrogen-bond donors (Lipinski definition) is 1. The highest BCUT2D eigenvalue weighted by molar-refractivity contribution is 5.44. The van der Waals surface area contributed by atoms with Crippen LogP contribution in [0.15, 0.2) is 72.9 Å². The first kappa shape index (κ1) is 17.3. The molecule has 0 aliphatic rings. The Bertz CT molecular complexity index is 807. The Morgan fingerprint density at radius 3 is 2.32 bits per heavy atom. The number of halogens is 3. The van der Waals surface area contributed by atoms with Gasteiger partial charge < -0.3 is 9.88 Å². The summed E-state index contributed by atoms with van der Waals surface area (Å²) in [4.78, 5) is 0. The number of para-hydroxylation sites is 1. The van der Waals surface area contributed by atoms with Gasteiger partial charge in [0.2, 0.25) is 0 Å². The topological polar surface area (TPSA) is 17.0 Å². The fourth-order valence-electron chi connectivity index (χ4n) is 2.81. The van der Waals surface area contributed by atoms with Crippen LogP contribution in [0.3, 0.4) is 0 Å². The lowest BCUT2D eigenvalue weighted by Crippen LogP contribution is -2.19. The van der Waals surface area contributed by atoms with E-state index in [4.69, 9.17) is 0 Å². The summed E-state index contributed by atoms with van der Waals surface area (Å²) in [6, 6.07) is 19.3. The molecule has 0 aliphatic carbocycles. The zero-order valence-corrected chi connectivity index (χ0v) is 13.6. The van der Waals surface area contributed by atoms with Crippen molar-refractivity contribution >= 4 is 0 Å². The molecular weight excluding hydrogens is 325 g/mol. The van der Waals surface area contributed by atoms with E-state index in [9.17, 15) is 13.2 Å². The number of hydrogen-bond acceptors (Lipinski definition) is 1. The van der Waals surface area contributed by atoms with E-state index in [-0.39, 0.29) is 5.69 Å². The van der Waals surface area contributed by atoms with Crippen LogP contribution in [-0.2, 0) is 19.1 Å². The number of benzene rings is 2. The third-order valence-corrected chi connectivity index (χ3v) is 4.04. The number of aromatic nitrogens is 1. The summed E-state index contributed by atoms with van der Waals surface area (Å²) in [7, 11) is 0. The summed E-state index contributed by atoms with van der Waals surface area (Å²) in [5, 5.41) is 3.30. The molecule has 3 aromatic rings. The van der Waals surface area contributed by atoms with Crippen LogP contribution < -0.4 is 5.32 Å². The fourth-order valence-corrected chi connectivity index (χ4v) is 2.81. The van der Waals surface area contributed by atoms with E-state index in [1.165, 1.54) is 17.7 Å². The highest BCUT2D eigenvalue weighted by Gasteiger charge is 2.33. The molecule has 2 aromatic carbocycles. The summed E-state index contributed by atoms with van der Waals surface area (Å²) in [6.45, 7) is 1.27. The molecule has 3 rings (SSSR count). The normalized spacial score (nSPS) is 11.6. The predicted molar refractivity (Wildman–Crippen MR) is 92.6 cm³/mol. The second-order valence-corrected chi connectivity index (χ2v) is 5.80. The van der Waals surface area contributed by atoms with Crippen molar-refractivity contribution in [3.8, 4) is 5.69 Å². The molecule has 2 nitrogen and oxygen atoms in total. The molecule has 0 fully saturated rings. The van der Waals surface area contributed by atoms with E-state index >= 15 is 0 Å². The Hall–Kier alpha value is -2.53. The fraction of sp³-hybridized carbons (Fsp3) is 0.200. The average molecular weight is 344 g/mol. The van der Waals surface area contributed by atoms with Gasteiger partial charge in [0.05, 0.1) is 11.3 Å². The summed E-state index contributed by atoms with van der Waals surface area (Å²) in [5.41, 5.74) is 1.55. The van der Waals surface area contributed by atoms with Crippen molar-refractivity contribution in [2.75, 3.05) is 6.54 Å². The monoisotopic (exact) mass is 344 g/mol. The second-order valence-electron chi connectivity index (χ2n) is 5.80. The van der Waals surface area contributed by atoms with Crippen LogP contribution in [0, 0.1) is 0 Å². The Labute approximate surface area is 144 Å². The number of nitrogens with one attached hydrogen (secondary N) is 1. The van der Waals surface area contributed by atoms with Gasteiger partial charge in [-0.2, -0.15) is 13.2 Å². The summed E-state index contributed by atoms with van der Waals surface area (Å²) >= 11 is 0. The lowest BCUT2D eigenvalue weighted by Gasteiger charge is -2.16. The lowest BCUT2D eigenvalue weighted by molar-refractivity contribution is -0.137. The van der Waals surface area contributed by atoms with Crippen molar-refractivity contribution < 1.29 is 13.2 Å².